The van der Waals surface area contributed by atoms with Gasteiger partial charge >= 0.3 is 5.97 Å². The third-order valence-corrected chi connectivity index (χ3v) is 5.95. The highest BCUT2D eigenvalue weighted by Crippen LogP contribution is 2.28. The normalized spacial score (nSPS) is 11.1. The van der Waals surface area contributed by atoms with Crippen molar-refractivity contribution in [3.05, 3.63) is 71.9 Å². The second kappa shape index (κ2) is 7.77. The lowest BCUT2D eigenvalue weighted by Crippen LogP contribution is -2.29. The van der Waals surface area contributed by atoms with Crippen LogP contribution in [0.3, 0.4) is 0 Å². The Balaban J connectivity index is 2.18. The van der Waals surface area contributed by atoms with Crippen molar-refractivity contribution in [2.24, 2.45) is 0 Å². The van der Waals surface area contributed by atoms with E-state index in [1.165, 1.54) is 26.3 Å². The van der Waals surface area contributed by atoms with Gasteiger partial charge in [-0.25, -0.2) is 27.5 Å². The van der Waals surface area contributed by atoms with E-state index >= 15 is 0 Å². The summed E-state index contributed by atoms with van der Waals surface area (Å²) in [7, 11) is -1.20. The van der Waals surface area contributed by atoms with Gasteiger partial charge < -0.3 is 4.74 Å². The summed E-state index contributed by atoms with van der Waals surface area (Å²) in [5.74, 6) is -0.621. The zero-order valence-electron chi connectivity index (χ0n) is 15.7. The number of rotatable bonds is 5. The summed E-state index contributed by atoms with van der Waals surface area (Å²) in [6.07, 6.45) is 0. The Morgan fingerprint density at radius 3 is 2.11 bits per heavy atom. The van der Waals surface area contributed by atoms with Crippen molar-refractivity contribution in [3.8, 4) is 11.3 Å². The van der Waals surface area contributed by atoms with Gasteiger partial charge in [-0.3, -0.25) is 0 Å². The number of sulfonamides is 1. The molecule has 0 bridgehead atoms. The molecule has 8 heteroatoms. The lowest BCUT2D eigenvalue weighted by atomic mass is 10.0. The van der Waals surface area contributed by atoms with Crippen LogP contribution in [0, 0.1) is 6.92 Å². The monoisotopic (exact) mass is 397 g/mol. The van der Waals surface area contributed by atoms with Crippen LogP contribution >= 0.6 is 0 Å². The lowest BCUT2D eigenvalue weighted by molar-refractivity contribution is 0.0600. The van der Waals surface area contributed by atoms with E-state index in [9.17, 15) is 13.2 Å². The average molecular weight is 397 g/mol. The first-order valence-electron chi connectivity index (χ1n) is 8.42. The highest BCUT2D eigenvalue weighted by molar-refractivity contribution is 7.92. The second-order valence-corrected chi connectivity index (χ2v) is 7.95. The molecule has 0 N–H and O–H groups in total. The standard InChI is InChI=1S/C20H19N3O4S/c1-14-17(19(24)27-3)18(15-10-6-4-7-11-15)22-20(21-14)23(2)28(25,26)16-12-8-5-9-13-16/h4-13H,1-3H3. The van der Waals surface area contributed by atoms with Gasteiger partial charge in [0.05, 0.1) is 23.4 Å². The minimum absolute atomic E-state index is 0.0344. The zero-order valence-corrected chi connectivity index (χ0v) is 16.5. The third-order valence-electron chi connectivity index (χ3n) is 4.20. The van der Waals surface area contributed by atoms with Crippen LogP contribution in [-0.4, -0.2) is 38.5 Å². The molecule has 144 valence electrons. The molecule has 3 rings (SSSR count). The molecule has 0 radical (unpaired) electrons. The molecule has 0 aliphatic rings. The number of hydrogen-bond donors (Lipinski definition) is 0. The Kier molecular flexibility index (Phi) is 5.41. The van der Waals surface area contributed by atoms with Gasteiger partial charge in [-0.15, -0.1) is 0 Å². The molecule has 0 aliphatic heterocycles. The first-order chi connectivity index (χ1) is 13.4. The van der Waals surface area contributed by atoms with Crippen LogP contribution in [-0.2, 0) is 14.8 Å². The Morgan fingerprint density at radius 1 is 0.964 bits per heavy atom. The fraction of sp³-hybridized carbons (Fsp3) is 0.150. The van der Waals surface area contributed by atoms with Crippen molar-refractivity contribution in [1.82, 2.24) is 9.97 Å². The lowest BCUT2D eigenvalue weighted by Gasteiger charge is -2.20. The number of carbonyl (C=O) groups is 1. The highest BCUT2D eigenvalue weighted by Gasteiger charge is 2.27. The number of aryl methyl sites for hydroxylation is 1. The average Bonchev–Trinajstić information content (AvgIpc) is 2.73. The summed E-state index contributed by atoms with van der Waals surface area (Å²) in [5.41, 5.74) is 1.49. The maximum absolute atomic E-state index is 12.9. The van der Waals surface area contributed by atoms with Crippen LogP contribution < -0.4 is 4.31 Å². The SMILES string of the molecule is COC(=O)c1c(C)nc(N(C)S(=O)(=O)c2ccccc2)nc1-c1ccccc1. The van der Waals surface area contributed by atoms with Crippen LogP contribution in [0.5, 0.6) is 0 Å². The van der Waals surface area contributed by atoms with Crippen LogP contribution in [0.1, 0.15) is 16.1 Å². The fourth-order valence-corrected chi connectivity index (χ4v) is 3.82. The first-order valence-corrected chi connectivity index (χ1v) is 9.86. The largest absolute Gasteiger partial charge is 0.465 e. The molecule has 1 aromatic heterocycles. The molecule has 0 spiro atoms. The summed E-state index contributed by atoms with van der Waals surface area (Å²) in [5, 5.41) is 0. The molecule has 7 nitrogen and oxygen atoms in total. The van der Waals surface area contributed by atoms with E-state index in [0.717, 1.165) is 4.31 Å². The maximum atomic E-state index is 12.9. The van der Waals surface area contributed by atoms with Gasteiger partial charge in [0.25, 0.3) is 10.0 Å². The van der Waals surface area contributed by atoms with Crippen molar-refractivity contribution in [1.29, 1.82) is 0 Å². The fourth-order valence-electron chi connectivity index (χ4n) is 2.71. The molecular weight excluding hydrogens is 378 g/mol. The molecule has 0 amide bonds. The van der Waals surface area contributed by atoms with E-state index in [4.69, 9.17) is 4.74 Å². The molecule has 2 aromatic carbocycles. The Bertz CT molecular complexity index is 1100. The van der Waals surface area contributed by atoms with Crippen LogP contribution in [0.25, 0.3) is 11.3 Å². The maximum Gasteiger partial charge on any atom is 0.341 e. The number of aromatic nitrogens is 2. The number of benzene rings is 2. The van der Waals surface area contributed by atoms with Crippen LogP contribution in [0.4, 0.5) is 5.95 Å². The highest BCUT2D eigenvalue weighted by atomic mass is 32.2. The van der Waals surface area contributed by atoms with Gasteiger partial charge in [-0.2, -0.15) is 0 Å². The van der Waals surface area contributed by atoms with Crippen molar-refractivity contribution >= 4 is 21.9 Å². The molecule has 1 heterocycles. The summed E-state index contributed by atoms with van der Waals surface area (Å²) in [4.78, 5) is 21.1. The van der Waals surface area contributed by atoms with Crippen molar-refractivity contribution in [2.45, 2.75) is 11.8 Å². The smallest absolute Gasteiger partial charge is 0.341 e. The molecule has 0 fully saturated rings. The third kappa shape index (κ3) is 3.59. The van der Waals surface area contributed by atoms with Gasteiger partial charge in [0, 0.05) is 12.6 Å². The Hall–Kier alpha value is -3.26. The quantitative estimate of drug-likeness (QED) is 0.615. The predicted octanol–water partition coefficient (Wildman–Crippen LogP) is 3.06. The van der Waals surface area contributed by atoms with E-state index in [0.29, 0.717) is 17.0 Å². The molecule has 28 heavy (non-hydrogen) atoms. The van der Waals surface area contributed by atoms with Crippen molar-refractivity contribution < 1.29 is 17.9 Å². The minimum Gasteiger partial charge on any atom is -0.465 e. The van der Waals surface area contributed by atoms with E-state index < -0.39 is 16.0 Å². The number of hydrogen-bond acceptors (Lipinski definition) is 6. The first kappa shape index (κ1) is 19.5. The molecule has 0 atom stereocenters. The molecule has 0 saturated carbocycles. The van der Waals surface area contributed by atoms with E-state index in [-0.39, 0.29) is 16.4 Å². The number of esters is 1. The molecule has 3 aromatic rings. The zero-order chi connectivity index (χ0) is 20.3. The number of nitrogens with zero attached hydrogens (tertiary/aromatic N) is 3. The number of methoxy groups -OCH3 is 1. The number of ether oxygens (including phenoxy) is 1. The predicted molar refractivity (Wildman–Crippen MR) is 106 cm³/mol. The topological polar surface area (TPSA) is 89.5 Å². The van der Waals surface area contributed by atoms with Crippen molar-refractivity contribution in [2.75, 3.05) is 18.5 Å². The van der Waals surface area contributed by atoms with Gasteiger partial charge in [0.2, 0.25) is 5.95 Å². The number of carbonyl (C=O) groups excluding carboxylic acids is 1. The molecule has 0 saturated heterocycles. The van der Waals surface area contributed by atoms with Gasteiger partial charge in [-0.05, 0) is 19.1 Å². The Labute approximate surface area is 163 Å². The van der Waals surface area contributed by atoms with Crippen LogP contribution in [0.2, 0.25) is 0 Å². The molecule has 0 unspecified atom stereocenters. The van der Waals surface area contributed by atoms with E-state index in [1.807, 2.05) is 6.07 Å². The summed E-state index contributed by atoms with van der Waals surface area (Å²) >= 11 is 0. The van der Waals surface area contributed by atoms with Crippen molar-refractivity contribution in [3.63, 3.8) is 0 Å². The summed E-state index contributed by atoms with van der Waals surface area (Å²) in [6, 6.07) is 17.0. The molecule has 0 aliphatic carbocycles. The van der Waals surface area contributed by atoms with Gasteiger partial charge in [0.1, 0.15) is 5.56 Å². The van der Waals surface area contributed by atoms with E-state index in [1.54, 1.807) is 49.4 Å². The summed E-state index contributed by atoms with van der Waals surface area (Å²) in [6.45, 7) is 1.62. The van der Waals surface area contributed by atoms with Gasteiger partial charge in [-0.1, -0.05) is 48.5 Å². The Morgan fingerprint density at radius 2 is 1.54 bits per heavy atom. The summed E-state index contributed by atoms with van der Waals surface area (Å²) < 4.78 is 31.7. The van der Waals surface area contributed by atoms with Gasteiger partial charge in [0.15, 0.2) is 0 Å². The van der Waals surface area contributed by atoms with E-state index in [2.05, 4.69) is 9.97 Å². The van der Waals surface area contributed by atoms with Crippen LogP contribution in [0.15, 0.2) is 65.6 Å². The minimum atomic E-state index is -3.85. The number of anilines is 1. The molecular formula is C20H19N3O4S. The second-order valence-electron chi connectivity index (χ2n) is 5.98.